The van der Waals surface area contributed by atoms with Crippen molar-refractivity contribution in [2.45, 2.75) is 0 Å². The monoisotopic (exact) mass is 210 g/mol. The van der Waals surface area contributed by atoms with E-state index >= 15 is 0 Å². The van der Waals surface area contributed by atoms with Gasteiger partial charge < -0.3 is 10.3 Å². The van der Waals surface area contributed by atoms with Crippen LogP contribution in [-0.4, -0.2) is 6.21 Å². The summed E-state index contributed by atoms with van der Waals surface area (Å²) in [6, 6.07) is 13.9. The molecule has 0 saturated heterocycles. The molecule has 0 atom stereocenters. The lowest BCUT2D eigenvalue weighted by atomic mass is 10.1. The third-order valence-corrected chi connectivity index (χ3v) is 2.65. The van der Waals surface area contributed by atoms with Gasteiger partial charge in [-0.1, -0.05) is 30.3 Å². The molecule has 0 aliphatic heterocycles. The largest absolute Gasteiger partial charge is 0.455 e. The van der Waals surface area contributed by atoms with E-state index in [1.165, 1.54) is 0 Å². The Morgan fingerprint density at radius 2 is 1.81 bits per heavy atom. The van der Waals surface area contributed by atoms with E-state index in [1.807, 2.05) is 42.5 Å². The molecule has 78 valence electrons. The number of rotatable bonds is 1. The lowest BCUT2D eigenvalue weighted by Crippen LogP contribution is -1.86. The zero-order valence-electron chi connectivity index (χ0n) is 8.55. The van der Waals surface area contributed by atoms with Crippen molar-refractivity contribution in [1.82, 2.24) is 0 Å². The third kappa shape index (κ3) is 1.18. The molecule has 1 aromatic heterocycles. The highest BCUT2D eigenvalue weighted by Gasteiger charge is 2.08. The van der Waals surface area contributed by atoms with Crippen molar-refractivity contribution in [2.75, 3.05) is 0 Å². The molecule has 3 aromatic rings. The maximum absolute atomic E-state index is 5.79. The van der Waals surface area contributed by atoms with Crippen molar-refractivity contribution in [2.24, 2.45) is 10.9 Å². The van der Waals surface area contributed by atoms with Crippen LogP contribution >= 0.6 is 0 Å². The van der Waals surface area contributed by atoms with Crippen molar-refractivity contribution in [3.8, 4) is 0 Å². The number of nitrogens with zero attached hydrogens (tertiary/aromatic N) is 1. The van der Waals surface area contributed by atoms with Crippen LogP contribution in [0.3, 0.4) is 0 Å². The summed E-state index contributed by atoms with van der Waals surface area (Å²) in [5.41, 5.74) is 2.62. The van der Waals surface area contributed by atoms with Gasteiger partial charge in [0.2, 0.25) is 0 Å². The Morgan fingerprint density at radius 3 is 2.69 bits per heavy atom. The van der Waals surface area contributed by atoms with Gasteiger partial charge in [0.05, 0.1) is 6.21 Å². The average Bonchev–Trinajstić information content (AvgIpc) is 2.69. The topological polar surface area (TPSA) is 51.5 Å². The quantitative estimate of drug-likeness (QED) is 0.381. The minimum Gasteiger partial charge on any atom is -0.455 e. The molecule has 3 heteroatoms. The van der Waals surface area contributed by atoms with Crippen LogP contribution in [0.25, 0.3) is 21.9 Å². The normalized spacial score (nSPS) is 11.8. The van der Waals surface area contributed by atoms with E-state index in [0.717, 1.165) is 27.5 Å². The Labute approximate surface area is 92.2 Å². The molecule has 0 fully saturated rings. The van der Waals surface area contributed by atoms with Crippen LogP contribution in [0, 0.1) is 0 Å². The number of hydrogen-bond donors (Lipinski definition) is 1. The zero-order chi connectivity index (χ0) is 11.0. The van der Waals surface area contributed by atoms with Crippen LogP contribution in [0.15, 0.2) is 52.0 Å². The molecular weight excluding hydrogens is 200 g/mol. The predicted molar refractivity (Wildman–Crippen MR) is 65.5 cm³/mol. The molecule has 0 bridgehead atoms. The third-order valence-electron chi connectivity index (χ3n) is 2.65. The Kier molecular flexibility index (Phi) is 1.90. The first-order valence-corrected chi connectivity index (χ1v) is 5.03. The summed E-state index contributed by atoms with van der Waals surface area (Å²) >= 11 is 0. The van der Waals surface area contributed by atoms with E-state index in [4.69, 9.17) is 10.3 Å². The summed E-state index contributed by atoms with van der Waals surface area (Å²) in [5.74, 6) is 5.17. The molecular formula is C13H10N2O. The number of nitrogens with two attached hydrogens (primary N) is 1. The fourth-order valence-corrected chi connectivity index (χ4v) is 1.95. The van der Waals surface area contributed by atoms with Crippen molar-refractivity contribution in [1.29, 1.82) is 0 Å². The molecule has 0 aliphatic carbocycles. The van der Waals surface area contributed by atoms with Crippen LogP contribution in [0.4, 0.5) is 0 Å². The molecule has 0 radical (unpaired) electrons. The van der Waals surface area contributed by atoms with Crippen molar-refractivity contribution in [3.63, 3.8) is 0 Å². The van der Waals surface area contributed by atoms with Gasteiger partial charge in [-0.25, -0.2) is 0 Å². The highest BCUT2D eigenvalue weighted by Crippen LogP contribution is 2.29. The Hall–Kier alpha value is -2.29. The van der Waals surface area contributed by atoms with Gasteiger partial charge in [0.25, 0.3) is 0 Å². The molecule has 0 saturated carbocycles. The fourth-order valence-electron chi connectivity index (χ4n) is 1.95. The van der Waals surface area contributed by atoms with Crippen LogP contribution in [0.5, 0.6) is 0 Å². The van der Waals surface area contributed by atoms with Gasteiger partial charge in [-0.05, 0) is 12.1 Å². The van der Waals surface area contributed by atoms with Crippen LogP contribution in [0.2, 0.25) is 0 Å². The molecule has 16 heavy (non-hydrogen) atoms. The van der Waals surface area contributed by atoms with Gasteiger partial charge in [-0.2, -0.15) is 5.10 Å². The van der Waals surface area contributed by atoms with Crippen molar-refractivity contribution < 1.29 is 4.42 Å². The van der Waals surface area contributed by atoms with E-state index in [0.29, 0.717) is 0 Å². The Balaban J connectivity index is 2.48. The summed E-state index contributed by atoms with van der Waals surface area (Å²) in [4.78, 5) is 0. The first kappa shape index (κ1) is 8.97. The average molecular weight is 210 g/mol. The van der Waals surface area contributed by atoms with E-state index in [9.17, 15) is 0 Å². The second-order valence-corrected chi connectivity index (χ2v) is 3.60. The fraction of sp³-hybridized carbons (Fsp3) is 0. The van der Waals surface area contributed by atoms with Crippen LogP contribution in [0.1, 0.15) is 5.56 Å². The van der Waals surface area contributed by atoms with Gasteiger partial charge in [0.15, 0.2) is 0 Å². The molecule has 1 heterocycles. The molecule has 3 rings (SSSR count). The molecule has 0 aliphatic rings. The van der Waals surface area contributed by atoms with Gasteiger partial charge in [-0.15, -0.1) is 0 Å². The second kappa shape index (κ2) is 3.38. The van der Waals surface area contributed by atoms with E-state index in [1.54, 1.807) is 6.21 Å². The number of hydrogen-bond acceptors (Lipinski definition) is 3. The van der Waals surface area contributed by atoms with Gasteiger partial charge in [-0.3, -0.25) is 0 Å². The molecule has 0 spiro atoms. The first-order valence-electron chi connectivity index (χ1n) is 5.03. The molecule has 2 N–H and O–H groups in total. The van der Waals surface area contributed by atoms with E-state index in [2.05, 4.69) is 5.10 Å². The van der Waals surface area contributed by atoms with Gasteiger partial charge in [0.1, 0.15) is 11.2 Å². The SMILES string of the molecule is NN=Cc1cccc2c1oc1ccccc12. The summed E-state index contributed by atoms with van der Waals surface area (Å²) in [6.45, 7) is 0. The number of benzene rings is 2. The molecule has 3 nitrogen and oxygen atoms in total. The number of hydrazone groups is 1. The highest BCUT2D eigenvalue weighted by atomic mass is 16.3. The Bertz CT molecular complexity index is 683. The number of para-hydroxylation sites is 2. The number of fused-ring (bicyclic) bond motifs is 3. The molecule has 2 aromatic carbocycles. The summed E-state index contributed by atoms with van der Waals surface area (Å²) < 4.78 is 5.79. The van der Waals surface area contributed by atoms with Crippen LogP contribution in [-0.2, 0) is 0 Å². The van der Waals surface area contributed by atoms with Gasteiger partial charge in [0, 0.05) is 16.3 Å². The lowest BCUT2D eigenvalue weighted by molar-refractivity contribution is 0.668. The minimum atomic E-state index is 0.831. The van der Waals surface area contributed by atoms with Crippen molar-refractivity contribution >= 4 is 28.2 Å². The standard InChI is InChI=1S/C13H10N2O/c14-15-8-9-4-3-6-11-10-5-1-2-7-12(10)16-13(9)11/h1-8H,14H2. The van der Waals surface area contributed by atoms with E-state index in [-0.39, 0.29) is 0 Å². The van der Waals surface area contributed by atoms with Crippen molar-refractivity contribution in [3.05, 3.63) is 48.0 Å². The van der Waals surface area contributed by atoms with E-state index < -0.39 is 0 Å². The first-order chi connectivity index (χ1) is 7.90. The molecule has 0 unspecified atom stereocenters. The highest BCUT2D eigenvalue weighted by molar-refractivity contribution is 6.09. The summed E-state index contributed by atoms with van der Waals surface area (Å²) in [7, 11) is 0. The predicted octanol–water partition coefficient (Wildman–Crippen LogP) is 2.88. The Morgan fingerprint density at radius 1 is 1.00 bits per heavy atom. The number of furan rings is 1. The van der Waals surface area contributed by atoms with Crippen LogP contribution < -0.4 is 5.84 Å². The maximum Gasteiger partial charge on any atom is 0.144 e. The molecule has 0 amide bonds. The second-order valence-electron chi connectivity index (χ2n) is 3.60. The van der Waals surface area contributed by atoms with Gasteiger partial charge >= 0.3 is 0 Å². The summed E-state index contributed by atoms with van der Waals surface area (Å²) in [6.07, 6.45) is 1.60. The maximum atomic E-state index is 5.79. The zero-order valence-corrected chi connectivity index (χ0v) is 8.55. The summed E-state index contributed by atoms with van der Waals surface area (Å²) in [5, 5.41) is 5.75. The lowest BCUT2D eigenvalue weighted by Gasteiger charge is -1.92. The smallest absolute Gasteiger partial charge is 0.144 e. The minimum absolute atomic E-state index is 0.831.